The van der Waals surface area contributed by atoms with E-state index in [4.69, 9.17) is 0 Å². The maximum atomic E-state index is 13.7. The normalized spacial score (nSPS) is 18.1. The fourth-order valence-electron chi connectivity index (χ4n) is 6.65. The Morgan fingerprint density at radius 2 is 1.64 bits per heavy atom. The lowest BCUT2D eigenvalue weighted by Crippen LogP contribution is -2.49. The number of nitrogens with zero attached hydrogens (tertiary/aromatic N) is 6. The van der Waals surface area contributed by atoms with Crippen LogP contribution in [0.15, 0.2) is 41.2 Å². The van der Waals surface area contributed by atoms with Crippen LogP contribution in [0.5, 0.6) is 0 Å². The maximum Gasteiger partial charge on any atom is 0.253 e. The quantitative estimate of drug-likeness (QED) is 0.387. The molecule has 8 heteroatoms. The number of anilines is 1. The Labute approximate surface area is 230 Å². The van der Waals surface area contributed by atoms with Gasteiger partial charge < -0.3 is 9.88 Å². The van der Waals surface area contributed by atoms with E-state index in [-0.39, 0.29) is 17.6 Å². The highest BCUT2D eigenvalue weighted by Gasteiger charge is 2.34. The average Bonchev–Trinajstić information content (AvgIpc) is 3.41. The smallest absolute Gasteiger partial charge is 0.253 e. The number of aromatic nitrogens is 5. The molecular formula is C31H39N7O. The summed E-state index contributed by atoms with van der Waals surface area (Å²) >= 11 is 0. The second-order valence-electron chi connectivity index (χ2n) is 11.6. The van der Waals surface area contributed by atoms with Crippen molar-refractivity contribution in [2.75, 3.05) is 31.1 Å². The van der Waals surface area contributed by atoms with Crippen LogP contribution in [0, 0.1) is 27.7 Å². The summed E-state index contributed by atoms with van der Waals surface area (Å²) in [6, 6.07) is 13.0. The number of pyridine rings is 1. The van der Waals surface area contributed by atoms with Gasteiger partial charge in [-0.25, -0.2) is 4.68 Å². The molecule has 6 rings (SSSR count). The number of fused-ring (bicyclic) bond motifs is 1. The first-order valence-corrected chi connectivity index (χ1v) is 14.4. The molecule has 1 N–H and O–H groups in total. The fraction of sp³-hybridized carbons (Fsp3) is 0.484. The molecule has 1 atom stereocenters. The van der Waals surface area contributed by atoms with Crippen molar-refractivity contribution in [1.82, 2.24) is 30.1 Å². The minimum atomic E-state index is -0.309. The number of tetrazole rings is 1. The minimum Gasteiger partial charge on any atom is -0.369 e. The summed E-state index contributed by atoms with van der Waals surface area (Å²) in [6.45, 7) is 11.9. The standard InChI is InChI=1S/C31H39N7O/c1-20-10-11-22(3)27(18-20)36-12-14-37(15-13-36)29(30-33-34-35-38(30)25-8-6-5-7-9-25)26-19-24-17-21(2)16-23(4)28(24)32-31(26)39/h10-11,16-19,25,29H,5-9,12-15H2,1-4H3,(H,32,39)/t29-/m1/s1. The summed E-state index contributed by atoms with van der Waals surface area (Å²) in [7, 11) is 0. The van der Waals surface area contributed by atoms with Crippen molar-refractivity contribution in [3.8, 4) is 0 Å². The molecule has 0 bridgehead atoms. The van der Waals surface area contributed by atoms with E-state index in [1.807, 2.05) is 4.68 Å². The fourth-order valence-corrected chi connectivity index (χ4v) is 6.65. The number of piperazine rings is 1. The van der Waals surface area contributed by atoms with Crippen LogP contribution in [0.2, 0.25) is 0 Å². The van der Waals surface area contributed by atoms with Gasteiger partial charge in [0, 0.05) is 37.4 Å². The van der Waals surface area contributed by atoms with Gasteiger partial charge in [-0.15, -0.1) is 5.10 Å². The Morgan fingerprint density at radius 1 is 0.872 bits per heavy atom. The van der Waals surface area contributed by atoms with E-state index in [0.717, 1.165) is 66.9 Å². The first-order valence-electron chi connectivity index (χ1n) is 14.4. The number of aryl methyl sites for hydroxylation is 4. The summed E-state index contributed by atoms with van der Waals surface area (Å²) in [5.41, 5.74) is 7.70. The summed E-state index contributed by atoms with van der Waals surface area (Å²) in [5.74, 6) is 0.788. The number of aromatic amines is 1. The van der Waals surface area contributed by atoms with Crippen LogP contribution >= 0.6 is 0 Å². The zero-order chi connectivity index (χ0) is 27.1. The van der Waals surface area contributed by atoms with Crippen molar-refractivity contribution < 1.29 is 0 Å². The molecule has 0 amide bonds. The average molecular weight is 526 g/mol. The highest BCUT2D eigenvalue weighted by Crippen LogP contribution is 2.34. The lowest BCUT2D eigenvalue weighted by molar-refractivity contribution is 0.192. The number of benzene rings is 2. The minimum absolute atomic E-state index is 0.0606. The number of H-pyrrole nitrogens is 1. The van der Waals surface area contributed by atoms with Gasteiger partial charge in [0.25, 0.3) is 5.56 Å². The van der Waals surface area contributed by atoms with Crippen molar-refractivity contribution >= 4 is 16.6 Å². The maximum absolute atomic E-state index is 13.7. The van der Waals surface area contributed by atoms with Crippen molar-refractivity contribution in [2.45, 2.75) is 71.9 Å². The lowest BCUT2D eigenvalue weighted by Gasteiger charge is -2.40. The van der Waals surface area contributed by atoms with Crippen LogP contribution in [-0.2, 0) is 0 Å². The Balaban J connectivity index is 1.40. The van der Waals surface area contributed by atoms with Crippen LogP contribution in [0.4, 0.5) is 5.69 Å². The van der Waals surface area contributed by atoms with E-state index in [9.17, 15) is 4.79 Å². The molecule has 0 spiro atoms. The first-order chi connectivity index (χ1) is 18.9. The largest absolute Gasteiger partial charge is 0.369 e. The Bertz CT molecular complexity index is 1540. The molecule has 2 aromatic carbocycles. The number of hydrogen-bond donors (Lipinski definition) is 1. The van der Waals surface area contributed by atoms with E-state index >= 15 is 0 Å². The predicted molar refractivity (Wildman–Crippen MR) is 156 cm³/mol. The van der Waals surface area contributed by atoms with E-state index in [0.29, 0.717) is 0 Å². The van der Waals surface area contributed by atoms with Gasteiger partial charge >= 0.3 is 0 Å². The zero-order valence-electron chi connectivity index (χ0n) is 23.6. The molecule has 0 unspecified atom stereocenters. The molecule has 1 saturated heterocycles. The van der Waals surface area contributed by atoms with Crippen molar-refractivity contribution in [3.63, 3.8) is 0 Å². The first kappa shape index (κ1) is 25.7. The molecule has 2 aliphatic rings. The molecule has 204 valence electrons. The predicted octanol–water partition coefficient (Wildman–Crippen LogP) is 5.17. The number of hydrogen-bond acceptors (Lipinski definition) is 6. The highest BCUT2D eigenvalue weighted by molar-refractivity contribution is 5.83. The molecular weight excluding hydrogens is 486 g/mol. The third kappa shape index (κ3) is 4.98. The zero-order valence-corrected chi connectivity index (χ0v) is 23.6. The third-order valence-electron chi connectivity index (χ3n) is 8.68. The van der Waals surface area contributed by atoms with E-state index in [1.54, 1.807) is 0 Å². The van der Waals surface area contributed by atoms with Gasteiger partial charge in [-0.1, -0.05) is 43.0 Å². The molecule has 8 nitrogen and oxygen atoms in total. The number of rotatable bonds is 5. The summed E-state index contributed by atoms with van der Waals surface area (Å²) in [4.78, 5) is 21.8. The molecule has 1 aliphatic heterocycles. The Kier molecular flexibility index (Phi) is 6.97. The topological polar surface area (TPSA) is 82.9 Å². The molecule has 39 heavy (non-hydrogen) atoms. The third-order valence-corrected chi connectivity index (χ3v) is 8.68. The van der Waals surface area contributed by atoms with Crippen molar-refractivity contribution in [3.05, 3.63) is 80.4 Å². The van der Waals surface area contributed by atoms with Crippen LogP contribution < -0.4 is 10.5 Å². The summed E-state index contributed by atoms with van der Waals surface area (Å²) < 4.78 is 2.03. The second kappa shape index (κ2) is 10.6. The number of nitrogens with one attached hydrogen (secondary N) is 1. The molecule has 4 aromatic rings. The summed E-state index contributed by atoms with van der Waals surface area (Å²) in [5, 5.41) is 14.3. The van der Waals surface area contributed by atoms with Crippen LogP contribution in [-0.4, -0.2) is 56.3 Å². The molecule has 3 heterocycles. The van der Waals surface area contributed by atoms with Gasteiger partial charge in [-0.2, -0.15) is 0 Å². The van der Waals surface area contributed by atoms with Crippen molar-refractivity contribution in [2.24, 2.45) is 0 Å². The van der Waals surface area contributed by atoms with E-state index in [2.05, 4.69) is 94.4 Å². The summed E-state index contributed by atoms with van der Waals surface area (Å²) in [6.07, 6.45) is 5.81. The molecule has 0 radical (unpaired) electrons. The molecule has 1 saturated carbocycles. The second-order valence-corrected chi connectivity index (χ2v) is 11.6. The van der Waals surface area contributed by atoms with Crippen LogP contribution in [0.25, 0.3) is 10.9 Å². The molecule has 2 aromatic heterocycles. The monoisotopic (exact) mass is 525 g/mol. The SMILES string of the molecule is Cc1ccc(C)c(N2CCN([C@H](c3cc4cc(C)cc(C)c4[nH]c3=O)c3nnnn3C3CCCCC3)CC2)c1. The van der Waals surface area contributed by atoms with Gasteiger partial charge in [0.2, 0.25) is 0 Å². The Hall–Kier alpha value is -3.52. The highest BCUT2D eigenvalue weighted by atomic mass is 16.1. The van der Waals surface area contributed by atoms with Crippen molar-refractivity contribution in [1.29, 1.82) is 0 Å². The van der Waals surface area contributed by atoms with Gasteiger partial charge in [0.15, 0.2) is 5.82 Å². The van der Waals surface area contributed by atoms with Gasteiger partial charge in [-0.05, 0) is 91.2 Å². The van der Waals surface area contributed by atoms with Gasteiger partial charge in [0.1, 0.15) is 6.04 Å². The van der Waals surface area contributed by atoms with Gasteiger partial charge in [0.05, 0.1) is 11.6 Å². The van der Waals surface area contributed by atoms with Gasteiger partial charge in [-0.3, -0.25) is 9.69 Å². The van der Waals surface area contributed by atoms with E-state index in [1.165, 1.54) is 41.6 Å². The Morgan fingerprint density at radius 3 is 2.41 bits per heavy atom. The molecule has 2 fully saturated rings. The van der Waals surface area contributed by atoms with Crippen LogP contribution in [0.1, 0.15) is 77.8 Å². The van der Waals surface area contributed by atoms with E-state index < -0.39 is 0 Å². The lowest BCUT2D eigenvalue weighted by atomic mass is 9.94. The van der Waals surface area contributed by atoms with Crippen LogP contribution in [0.3, 0.4) is 0 Å². The molecule has 1 aliphatic carbocycles.